The number of rotatable bonds is 5. The maximum absolute atomic E-state index is 6.00. The van der Waals surface area contributed by atoms with Crippen molar-refractivity contribution in [2.75, 3.05) is 5.50 Å². The van der Waals surface area contributed by atoms with Crippen molar-refractivity contribution in [1.82, 2.24) is 9.78 Å². The number of benzene rings is 1. The summed E-state index contributed by atoms with van der Waals surface area (Å²) in [6.45, 7) is 7.08. The predicted octanol–water partition coefficient (Wildman–Crippen LogP) is 3.42. The van der Waals surface area contributed by atoms with Crippen LogP contribution in [0.15, 0.2) is 30.5 Å². The first kappa shape index (κ1) is 13.6. The monoisotopic (exact) mass is 282 g/mol. The second-order valence-corrected chi connectivity index (χ2v) is 11.1. The summed E-state index contributed by atoms with van der Waals surface area (Å²) in [5.74, 6) is 0. The Morgan fingerprint density at radius 2 is 2.11 bits per heavy atom. The van der Waals surface area contributed by atoms with Crippen LogP contribution in [0.2, 0.25) is 13.1 Å². The normalized spacial score (nSPS) is 14.0. The van der Waals surface area contributed by atoms with Crippen LogP contribution in [0.5, 0.6) is 0 Å². The summed E-state index contributed by atoms with van der Waals surface area (Å²) in [5.41, 5.74) is 2.04. The van der Waals surface area contributed by atoms with Gasteiger partial charge in [0.25, 0.3) is 0 Å². The van der Waals surface area contributed by atoms with Crippen LogP contribution in [0.3, 0.4) is 0 Å². The third-order valence-electron chi connectivity index (χ3n) is 3.44. The van der Waals surface area contributed by atoms with Gasteiger partial charge in [-0.3, -0.25) is 0 Å². The molecule has 98 valence electrons. The molecule has 3 nitrogen and oxygen atoms in total. The molecule has 0 fully saturated rings. The number of ether oxygens (including phenoxy) is 1. The molecule has 1 unspecified atom stereocenters. The molecule has 0 aliphatic carbocycles. The predicted molar refractivity (Wildman–Crippen MR) is 78.5 cm³/mol. The van der Waals surface area contributed by atoms with Gasteiger partial charge in [0.2, 0.25) is 0 Å². The lowest BCUT2D eigenvalue weighted by Gasteiger charge is -2.27. The number of para-hydroxylation sites is 1. The van der Waals surface area contributed by atoms with Gasteiger partial charge in [-0.15, -0.1) is 11.6 Å². The van der Waals surface area contributed by atoms with E-state index in [1.807, 2.05) is 23.0 Å². The fourth-order valence-electron chi connectivity index (χ4n) is 1.65. The van der Waals surface area contributed by atoms with Crippen molar-refractivity contribution in [1.29, 1.82) is 0 Å². The third kappa shape index (κ3) is 2.76. The van der Waals surface area contributed by atoms with Crippen molar-refractivity contribution in [3.63, 3.8) is 0 Å². The van der Waals surface area contributed by atoms with Gasteiger partial charge in [-0.05, 0) is 13.0 Å². The fraction of sp³-hybridized carbons (Fsp3) is 0.462. The Kier molecular flexibility index (Phi) is 4.09. The van der Waals surface area contributed by atoms with Gasteiger partial charge in [-0.1, -0.05) is 31.3 Å². The molecule has 1 aromatic heterocycles. The zero-order valence-electron chi connectivity index (χ0n) is 11.1. The molecule has 0 bridgehead atoms. The maximum atomic E-state index is 6.00. The molecule has 1 atom stereocenters. The van der Waals surface area contributed by atoms with Crippen molar-refractivity contribution >= 4 is 30.6 Å². The molecule has 0 aliphatic rings. The SMILES string of the molecule is CC(OCn1ncc2ccccc21)[Si](C)(C)CCl. The lowest BCUT2D eigenvalue weighted by Crippen LogP contribution is -2.44. The first-order valence-electron chi connectivity index (χ1n) is 6.13. The molecule has 0 saturated carbocycles. The zero-order valence-corrected chi connectivity index (χ0v) is 12.8. The van der Waals surface area contributed by atoms with Crippen LogP contribution in [0.4, 0.5) is 0 Å². The van der Waals surface area contributed by atoms with E-state index in [0.717, 1.165) is 10.9 Å². The van der Waals surface area contributed by atoms with E-state index in [1.54, 1.807) is 0 Å². The van der Waals surface area contributed by atoms with Crippen LogP contribution < -0.4 is 0 Å². The van der Waals surface area contributed by atoms with Crippen LogP contribution in [0.1, 0.15) is 6.92 Å². The van der Waals surface area contributed by atoms with E-state index >= 15 is 0 Å². The quantitative estimate of drug-likeness (QED) is 0.621. The summed E-state index contributed by atoms with van der Waals surface area (Å²) >= 11 is 6.00. The third-order valence-corrected chi connectivity index (χ3v) is 8.57. The topological polar surface area (TPSA) is 27.1 Å². The Morgan fingerprint density at radius 3 is 2.83 bits per heavy atom. The fourth-order valence-corrected chi connectivity index (χ4v) is 3.04. The van der Waals surface area contributed by atoms with Gasteiger partial charge in [0.05, 0.1) is 19.8 Å². The van der Waals surface area contributed by atoms with Crippen molar-refractivity contribution in [2.24, 2.45) is 0 Å². The number of alkyl halides is 1. The molecule has 2 rings (SSSR count). The van der Waals surface area contributed by atoms with Gasteiger partial charge in [0, 0.05) is 16.6 Å². The average Bonchev–Trinajstić information content (AvgIpc) is 2.79. The molecule has 0 aliphatic heterocycles. The van der Waals surface area contributed by atoms with Crippen LogP contribution in [-0.2, 0) is 11.5 Å². The first-order chi connectivity index (χ1) is 8.54. The molecule has 18 heavy (non-hydrogen) atoms. The molecule has 1 heterocycles. The number of fused-ring (bicyclic) bond motifs is 1. The van der Waals surface area contributed by atoms with Crippen LogP contribution in [0.25, 0.3) is 10.9 Å². The lowest BCUT2D eigenvalue weighted by molar-refractivity contribution is 0.0517. The van der Waals surface area contributed by atoms with Gasteiger partial charge in [-0.25, -0.2) is 4.68 Å². The molecule has 0 saturated heterocycles. The van der Waals surface area contributed by atoms with E-state index in [4.69, 9.17) is 16.3 Å². The first-order valence-corrected chi connectivity index (χ1v) is 9.94. The highest BCUT2D eigenvalue weighted by Crippen LogP contribution is 2.16. The summed E-state index contributed by atoms with van der Waals surface area (Å²) in [6.07, 6.45) is 1.87. The largest absolute Gasteiger partial charge is 0.360 e. The lowest BCUT2D eigenvalue weighted by atomic mass is 10.3. The highest BCUT2D eigenvalue weighted by molar-refractivity contribution is 6.84. The van der Waals surface area contributed by atoms with Gasteiger partial charge >= 0.3 is 0 Å². The van der Waals surface area contributed by atoms with E-state index in [0.29, 0.717) is 12.2 Å². The van der Waals surface area contributed by atoms with Crippen molar-refractivity contribution in [3.8, 4) is 0 Å². The Labute approximate surface area is 114 Å². The average molecular weight is 283 g/mol. The van der Waals surface area contributed by atoms with E-state index in [-0.39, 0.29) is 5.73 Å². The summed E-state index contributed by atoms with van der Waals surface area (Å²) < 4.78 is 7.82. The number of halogens is 1. The minimum absolute atomic E-state index is 0.220. The molecule has 0 amide bonds. The van der Waals surface area contributed by atoms with E-state index in [9.17, 15) is 0 Å². The van der Waals surface area contributed by atoms with Gasteiger partial charge in [-0.2, -0.15) is 5.10 Å². The smallest absolute Gasteiger partial charge is 0.139 e. The van der Waals surface area contributed by atoms with Gasteiger partial charge < -0.3 is 4.74 Å². The van der Waals surface area contributed by atoms with E-state index in [2.05, 4.69) is 37.2 Å². The number of nitrogens with zero attached hydrogens (tertiary/aromatic N) is 2. The molecule has 2 aromatic rings. The van der Waals surface area contributed by atoms with Crippen molar-refractivity contribution in [3.05, 3.63) is 30.5 Å². The highest BCUT2D eigenvalue weighted by Gasteiger charge is 2.28. The second-order valence-electron chi connectivity index (χ2n) is 5.26. The Balaban J connectivity index is 2.07. The molecule has 0 N–H and O–H groups in total. The van der Waals surface area contributed by atoms with Crippen LogP contribution in [-0.4, -0.2) is 29.1 Å². The van der Waals surface area contributed by atoms with E-state index in [1.165, 1.54) is 0 Å². The summed E-state index contributed by atoms with van der Waals surface area (Å²) in [7, 11) is -1.48. The zero-order chi connectivity index (χ0) is 13.2. The summed E-state index contributed by atoms with van der Waals surface area (Å²) in [4.78, 5) is 0. The Hall–Kier alpha value is -0.843. The van der Waals surface area contributed by atoms with Crippen molar-refractivity contribution < 1.29 is 4.74 Å². The second kappa shape index (κ2) is 5.43. The minimum atomic E-state index is -1.48. The van der Waals surface area contributed by atoms with Gasteiger partial charge in [0.1, 0.15) is 6.73 Å². The van der Waals surface area contributed by atoms with Crippen molar-refractivity contribution in [2.45, 2.75) is 32.5 Å². The maximum Gasteiger partial charge on any atom is 0.139 e. The summed E-state index contributed by atoms with van der Waals surface area (Å²) in [5, 5.41) is 5.49. The molecule has 0 radical (unpaired) electrons. The van der Waals surface area contributed by atoms with Crippen LogP contribution in [0, 0.1) is 0 Å². The standard InChI is InChI=1S/C13H19ClN2OSi/c1-11(18(2,3)9-14)17-10-16-13-7-5-4-6-12(13)8-15-16/h4-8,11H,9-10H2,1-3H3. The molecular weight excluding hydrogens is 264 g/mol. The number of hydrogen-bond acceptors (Lipinski definition) is 2. The molecule has 1 aromatic carbocycles. The molecule has 5 heteroatoms. The molecule has 0 spiro atoms. The van der Waals surface area contributed by atoms with Gasteiger partial charge in [0.15, 0.2) is 0 Å². The Bertz CT molecular complexity index is 526. The van der Waals surface area contributed by atoms with Crippen LogP contribution >= 0.6 is 11.6 Å². The number of aromatic nitrogens is 2. The Morgan fingerprint density at radius 1 is 1.39 bits per heavy atom. The summed E-state index contributed by atoms with van der Waals surface area (Å²) in [6, 6.07) is 8.14. The highest BCUT2D eigenvalue weighted by atomic mass is 35.5. The van der Waals surface area contributed by atoms with E-state index < -0.39 is 8.07 Å². The number of hydrogen-bond donors (Lipinski definition) is 0. The molecular formula is C13H19ClN2OSi. The minimum Gasteiger partial charge on any atom is -0.360 e.